The van der Waals surface area contributed by atoms with Crippen LogP contribution in [-0.4, -0.2) is 12.4 Å². The number of hydrogen-bond acceptors (Lipinski definition) is 2. The molecule has 0 radical (unpaired) electrons. The van der Waals surface area contributed by atoms with Crippen molar-refractivity contribution in [3.63, 3.8) is 0 Å². The Labute approximate surface area is 89.6 Å². The van der Waals surface area contributed by atoms with E-state index >= 15 is 0 Å². The van der Waals surface area contributed by atoms with Gasteiger partial charge in [-0.05, 0) is 20.8 Å². The summed E-state index contributed by atoms with van der Waals surface area (Å²) in [5.74, 6) is 0. The van der Waals surface area contributed by atoms with E-state index in [1.54, 1.807) is 0 Å². The van der Waals surface area contributed by atoms with Crippen molar-refractivity contribution < 1.29 is 0 Å². The zero-order valence-corrected chi connectivity index (χ0v) is 10.5. The summed E-state index contributed by atoms with van der Waals surface area (Å²) in [7, 11) is 0. The van der Waals surface area contributed by atoms with Crippen LogP contribution >= 0.6 is 45.7 Å². The minimum absolute atomic E-state index is 0.501. The molecular weight excluding hydrogens is 354 g/mol. The molecule has 0 fully saturated rings. The van der Waals surface area contributed by atoms with Crippen molar-refractivity contribution in [2.45, 2.75) is 26.9 Å². The van der Waals surface area contributed by atoms with Crippen molar-refractivity contribution in [2.24, 2.45) is 0 Å². The molecule has 0 saturated heterocycles. The molecule has 0 saturated carbocycles. The topological polar surface area (TPSA) is 6.48 Å². The SMILES string of the molecule is CC1=C(C)N(I)C(C)N1I. The first kappa shape index (κ1) is 8.89. The lowest BCUT2D eigenvalue weighted by atomic mass is 10.4. The van der Waals surface area contributed by atoms with Gasteiger partial charge < -0.3 is 0 Å². The second-order valence-electron chi connectivity index (χ2n) is 2.43. The normalized spacial score (nSPS) is 21.3. The van der Waals surface area contributed by atoms with Gasteiger partial charge >= 0.3 is 0 Å². The third-order valence-corrected chi connectivity index (χ3v) is 4.88. The highest BCUT2D eigenvalue weighted by atomic mass is 127. The van der Waals surface area contributed by atoms with Gasteiger partial charge in [-0.2, -0.15) is 0 Å². The first-order valence-electron chi connectivity index (χ1n) is 3.13. The molecule has 1 rings (SSSR count). The molecule has 0 atom stereocenters. The minimum Gasteiger partial charge on any atom is -0.295 e. The molecular formula is C6H10I2N2. The van der Waals surface area contributed by atoms with Gasteiger partial charge in [0.25, 0.3) is 0 Å². The predicted octanol–water partition coefficient (Wildman–Crippen LogP) is 2.90. The Kier molecular flexibility index (Phi) is 2.70. The Hall–Kier alpha value is 0.800. The highest BCUT2D eigenvalue weighted by Gasteiger charge is 2.27. The summed E-state index contributed by atoms with van der Waals surface area (Å²) in [5, 5.41) is 0. The number of allylic oxidation sites excluding steroid dienone is 2. The zero-order chi connectivity index (χ0) is 7.89. The van der Waals surface area contributed by atoms with Gasteiger partial charge in [-0.3, -0.25) is 6.23 Å². The van der Waals surface area contributed by atoms with E-state index in [1.807, 2.05) is 0 Å². The lowest BCUT2D eigenvalue weighted by molar-refractivity contribution is 0.395. The summed E-state index contributed by atoms with van der Waals surface area (Å²) >= 11 is 4.69. The van der Waals surface area contributed by atoms with Gasteiger partial charge in [0, 0.05) is 11.4 Å². The van der Waals surface area contributed by atoms with Gasteiger partial charge in [-0.15, -0.1) is 0 Å². The lowest BCUT2D eigenvalue weighted by Gasteiger charge is -2.21. The number of rotatable bonds is 0. The summed E-state index contributed by atoms with van der Waals surface area (Å²) in [5.41, 5.74) is 2.73. The van der Waals surface area contributed by atoms with Crippen molar-refractivity contribution in [1.29, 1.82) is 0 Å². The molecule has 10 heavy (non-hydrogen) atoms. The largest absolute Gasteiger partial charge is 0.295 e. The van der Waals surface area contributed by atoms with Crippen LogP contribution in [0, 0.1) is 0 Å². The molecule has 0 unspecified atom stereocenters. The van der Waals surface area contributed by atoms with E-state index < -0.39 is 0 Å². The van der Waals surface area contributed by atoms with E-state index in [0.29, 0.717) is 6.17 Å². The van der Waals surface area contributed by atoms with E-state index in [2.05, 4.69) is 72.7 Å². The number of halogens is 2. The summed E-state index contributed by atoms with van der Waals surface area (Å²) in [6, 6.07) is 0. The number of nitrogens with zero attached hydrogens (tertiary/aromatic N) is 2. The first-order valence-corrected chi connectivity index (χ1v) is 5.06. The molecule has 1 aliphatic rings. The van der Waals surface area contributed by atoms with E-state index in [-0.39, 0.29) is 0 Å². The third kappa shape index (κ3) is 1.24. The van der Waals surface area contributed by atoms with Crippen LogP contribution in [-0.2, 0) is 0 Å². The van der Waals surface area contributed by atoms with Crippen LogP contribution in [0.1, 0.15) is 20.8 Å². The molecule has 4 heteroatoms. The molecule has 2 nitrogen and oxygen atoms in total. The van der Waals surface area contributed by atoms with Gasteiger partial charge in [0.15, 0.2) is 0 Å². The minimum atomic E-state index is 0.501. The van der Waals surface area contributed by atoms with Crippen LogP contribution in [0.25, 0.3) is 0 Å². The highest BCUT2D eigenvalue weighted by molar-refractivity contribution is 14.1. The van der Waals surface area contributed by atoms with Gasteiger partial charge in [0.1, 0.15) is 6.17 Å². The maximum absolute atomic E-state index is 2.34. The van der Waals surface area contributed by atoms with E-state index in [1.165, 1.54) is 11.4 Å². The van der Waals surface area contributed by atoms with Gasteiger partial charge in [-0.1, -0.05) is 0 Å². The van der Waals surface area contributed by atoms with Crippen LogP contribution in [0.15, 0.2) is 11.4 Å². The molecule has 0 aromatic heterocycles. The smallest absolute Gasteiger partial charge is 0.117 e. The van der Waals surface area contributed by atoms with Crippen molar-refractivity contribution in [3.05, 3.63) is 11.4 Å². The molecule has 0 N–H and O–H groups in total. The Bertz CT molecular complexity index is 161. The predicted molar refractivity (Wildman–Crippen MR) is 59.6 cm³/mol. The van der Waals surface area contributed by atoms with Crippen molar-refractivity contribution in [1.82, 2.24) is 6.23 Å². The zero-order valence-electron chi connectivity index (χ0n) is 6.23. The van der Waals surface area contributed by atoms with Crippen LogP contribution < -0.4 is 0 Å². The maximum atomic E-state index is 2.34. The van der Waals surface area contributed by atoms with Crippen LogP contribution in [0.2, 0.25) is 0 Å². The van der Waals surface area contributed by atoms with Crippen LogP contribution in [0.3, 0.4) is 0 Å². The summed E-state index contributed by atoms with van der Waals surface area (Å²) in [6.45, 7) is 6.49. The molecule has 1 aliphatic heterocycles. The Balaban J connectivity index is 2.88. The first-order chi connectivity index (χ1) is 4.55. The average Bonchev–Trinajstić information content (AvgIpc) is 2.07. The second kappa shape index (κ2) is 3.04. The van der Waals surface area contributed by atoms with Gasteiger partial charge in [0.05, 0.1) is 45.7 Å². The fraction of sp³-hybridized carbons (Fsp3) is 0.667. The monoisotopic (exact) mass is 364 g/mol. The van der Waals surface area contributed by atoms with Gasteiger partial charge in [-0.25, -0.2) is 0 Å². The van der Waals surface area contributed by atoms with Gasteiger partial charge in [0.2, 0.25) is 0 Å². The van der Waals surface area contributed by atoms with Crippen LogP contribution in [0.4, 0.5) is 0 Å². The standard InChI is InChI=1S/C6H10I2N2/c1-4-5(2)10(8)6(3)9(4)7/h6H,1-3H3. The Morgan fingerprint density at radius 2 is 1.40 bits per heavy atom. The molecule has 58 valence electrons. The molecule has 0 aromatic carbocycles. The van der Waals surface area contributed by atoms with E-state index in [0.717, 1.165) is 0 Å². The molecule has 0 spiro atoms. The van der Waals surface area contributed by atoms with Crippen molar-refractivity contribution in [2.75, 3.05) is 0 Å². The highest BCUT2D eigenvalue weighted by Crippen LogP contribution is 2.33. The fourth-order valence-electron chi connectivity index (χ4n) is 0.959. The Morgan fingerprint density at radius 1 is 1.10 bits per heavy atom. The molecule has 0 aromatic rings. The third-order valence-electron chi connectivity index (χ3n) is 1.82. The van der Waals surface area contributed by atoms with Crippen molar-refractivity contribution >= 4 is 45.7 Å². The average molecular weight is 364 g/mol. The van der Waals surface area contributed by atoms with Crippen molar-refractivity contribution in [3.8, 4) is 0 Å². The molecule has 1 heterocycles. The summed E-state index contributed by atoms with van der Waals surface area (Å²) < 4.78 is 4.50. The summed E-state index contributed by atoms with van der Waals surface area (Å²) in [4.78, 5) is 0. The second-order valence-corrected chi connectivity index (χ2v) is 4.50. The fourth-order valence-corrected chi connectivity index (χ4v) is 2.63. The van der Waals surface area contributed by atoms with E-state index in [9.17, 15) is 0 Å². The van der Waals surface area contributed by atoms with E-state index in [4.69, 9.17) is 0 Å². The Morgan fingerprint density at radius 3 is 1.50 bits per heavy atom. The number of hydrogen-bond donors (Lipinski definition) is 0. The quantitative estimate of drug-likeness (QED) is 0.482. The molecule has 0 bridgehead atoms. The molecule has 0 aliphatic carbocycles. The molecule has 0 amide bonds. The summed E-state index contributed by atoms with van der Waals surface area (Å²) in [6.07, 6.45) is 0.501. The van der Waals surface area contributed by atoms with Crippen LogP contribution in [0.5, 0.6) is 0 Å². The lowest BCUT2D eigenvalue weighted by Crippen LogP contribution is -2.24. The maximum Gasteiger partial charge on any atom is 0.117 e.